The van der Waals surface area contributed by atoms with Crippen molar-refractivity contribution >= 4 is 5.91 Å². The largest absolute Gasteiger partial charge is 0.497 e. The number of amides is 1. The lowest BCUT2D eigenvalue weighted by Crippen LogP contribution is -2.36. The summed E-state index contributed by atoms with van der Waals surface area (Å²) in [6.45, 7) is 1.78. The van der Waals surface area contributed by atoms with Crippen LogP contribution in [0.5, 0.6) is 17.2 Å². The van der Waals surface area contributed by atoms with Crippen LogP contribution in [-0.4, -0.2) is 45.2 Å². The minimum atomic E-state index is 0.0233. The van der Waals surface area contributed by atoms with Crippen LogP contribution in [-0.2, 0) is 11.3 Å². The van der Waals surface area contributed by atoms with Gasteiger partial charge in [0.1, 0.15) is 17.2 Å². The van der Waals surface area contributed by atoms with Crippen LogP contribution < -0.4 is 19.5 Å². The molecule has 1 fully saturated rings. The van der Waals surface area contributed by atoms with E-state index in [0.717, 1.165) is 47.8 Å². The van der Waals surface area contributed by atoms with Crippen LogP contribution in [0.15, 0.2) is 42.5 Å². The van der Waals surface area contributed by atoms with Gasteiger partial charge in [-0.15, -0.1) is 0 Å². The molecule has 2 aromatic rings. The number of methoxy groups -OCH3 is 3. The maximum atomic E-state index is 12.5. The fourth-order valence-electron chi connectivity index (χ4n) is 3.65. The molecule has 1 N–H and O–H groups in total. The van der Waals surface area contributed by atoms with Crippen molar-refractivity contribution in [1.82, 2.24) is 10.2 Å². The lowest BCUT2D eigenvalue weighted by molar-refractivity contribution is -0.122. The number of nitrogens with zero attached hydrogens (tertiary/aromatic N) is 1. The summed E-state index contributed by atoms with van der Waals surface area (Å²) in [4.78, 5) is 14.7. The van der Waals surface area contributed by atoms with Gasteiger partial charge in [0.25, 0.3) is 0 Å². The van der Waals surface area contributed by atoms with Gasteiger partial charge in [0.2, 0.25) is 5.91 Å². The Bertz CT molecular complexity index is 792. The second-order valence-corrected chi connectivity index (χ2v) is 6.86. The number of carbonyl (C=O) groups is 1. The molecule has 0 saturated carbocycles. The van der Waals surface area contributed by atoms with Crippen molar-refractivity contribution in [1.29, 1.82) is 0 Å². The molecule has 0 aromatic heterocycles. The zero-order valence-electron chi connectivity index (χ0n) is 16.7. The zero-order valence-corrected chi connectivity index (χ0v) is 16.7. The van der Waals surface area contributed by atoms with Crippen molar-refractivity contribution < 1.29 is 19.0 Å². The maximum absolute atomic E-state index is 12.5. The lowest BCUT2D eigenvalue weighted by Gasteiger charge is -2.26. The SMILES string of the molecule is COc1ccc(CNC(=O)CN2CCC[C@@H]2c2ccc(OC)cc2OC)cc1. The molecular weight excluding hydrogens is 356 g/mol. The Morgan fingerprint density at radius 3 is 2.43 bits per heavy atom. The molecule has 0 aliphatic carbocycles. The van der Waals surface area contributed by atoms with Crippen LogP contribution in [0.25, 0.3) is 0 Å². The molecule has 0 radical (unpaired) electrons. The summed E-state index contributed by atoms with van der Waals surface area (Å²) in [5, 5.41) is 3.01. The molecule has 6 heteroatoms. The summed E-state index contributed by atoms with van der Waals surface area (Å²) >= 11 is 0. The van der Waals surface area contributed by atoms with Crippen molar-refractivity contribution in [3.05, 3.63) is 53.6 Å². The normalized spacial score (nSPS) is 16.6. The molecule has 2 aromatic carbocycles. The van der Waals surface area contributed by atoms with E-state index in [1.165, 1.54) is 0 Å². The molecular formula is C22H28N2O4. The Balaban J connectivity index is 1.60. The molecule has 0 bridgehead atoms. The molecule has 150 valence electrons. The molecule has 3 rings (SSSR count). The van der Waals surface area contributed by atoms with E-state index in [-0.39, 0.29) is 11.9 Å². The van der Waals surface area contributed by atoms with E-state index in [2.05, 4.69) is 10.2 Å². The molecule has 0 unspecified atom stereocenters. The molecule has 1 aliphatic rings. The second kappa shape index (κ2) is 9.46. The van der Waals surface area contributed by atoms with Crippen molar-refractivity contribution in [3.8, 4) is 17.2 Å². The van der Waals surface area contributed by atoms with Crippen LogP contribution in [0.1, 0.15) is 30.0 Å². The Morgan fingerprint density at radius 2 is 1.75 bits per heavy atom. The number of benzene rings is 2. The van der Waals surface area contributed by atoms with Gasteiger partial charge in [-0.3, -0.25) is 9.69 Å². The summed E-state index contributed by atoms with van der Waals surface area (Å²) in [6.07, 6.45) is 2.07. The van der Waals surface area contributed by atoms with E-state index in [9.17, 15) is 4.79 Å². The monoisotopic (exact) mass is 384 g/mol. The number of likely N-dealkylation sites (tertiary alicyclic amines) is 1. The van der Waals surface area contributed by atoms with Gasteiger partial charge in [0.05, 0.1) is 27.9 Å². The summed E-state index contributed by atoms with van der Waals surface area (Å²) < 4.78 is 16.0. The molecule has 28 heavy (non-hydrogen) atoms. The van der Waals surface area contributed by atoms with Gasteiger partial charge in [-0.25, -0.2) is 0 Å². The van der Waals surface area contributed by atoms with E-state index in [4.69, 9.17) is 14.2 Å². The fourth-order valence-corrected chi connectivity index (χ4v) is 3.65. The highest BCUT2D eigenvalue weighted by molar-refractivity contribution is 5.78. The van der Waals surface area contributed by atoms with Crippen molar-refractivity contribution in [2.75, 3.05) is 34.4 Å². The van der Waals surface area contributed by atoms with Crippen LogP contribution in [0.2, 0.25) is 0 Å². The van der Waals surface area contributed by atoms with Gasteiger partial charge in [-0.1, -0.05) is 18.2 Å². The minimum Gasteiger partial charge on any atom is -0.497 e. The van der Waals surface area contributed by atoms with Crippen LogP contribution >= 0.6 is 0 Å². The summed E-state index contributed by atoms with van der Waals surface area (Å²) in [5.74, 6) is 2.40. The van der Waals surface area contributed by atoms with E-state index in [0.29, 0.717) is 13.1 Å². The molecule has 1 saturated heterocycles. The van der Waals surface area contributed by atoms with Gasteiger partial charge in [-0.05, 0) is 43.1 Å². The van der Waals surface area contributed by atoms with Gasteiger partial charge < -0.3 is 19.5 Å². The first-order valence-corrected chi connectivity index (χ1v) is 9.50. The molecule has 0 spiro atoms. The standard InChI is InChI=1S/C22H28N2O4/c1-26-17-8-6-16(7-9-17)14-23-22(25)15-24-12-4-5-20(24)19-11-10-18(27-2)13-21(19)28-3/h6-11,13,20H,4-5,12,14-15H2,1-3H3,(H,23,25)/t20-/m1/s1. The lowest BCUT2D eigenvalue weighted by atomic mass is 10.0. The topological polar surface area (TPSA) is 60.0 Å². The molecule has 1 amide bonds. The number of hydrogen-bond donors (Lipinski definition) is 1. The van der Waals surface area contributed by atoms with Gasteiger partial charge in [-0.2, -0.15) is 0 Å². The Labute approximate surface area is 166 Å². The van der Waals surface area contributed by atoms with E-state index in [1.807, 2.05) is 42.5 Å². The van der Waals surface area contributed by atoms with Crippen LogP contribution in [0, 0.1) is 0 Å². The molecule has 1 aliphatic heterocycles. The predicted molar refractivity (Wildman–Crippen MR) is 108 cm³/mol. The number of carbonyl (C=O) groups excluding carboxylic acids is 1. The van der Waals surface area contributed by atoms with Crippen LogP contribution in [0.3, 0.4) is 0 Å². The smallest absolute Gasteiger partial charge is 0.234 e. The van der Waals surface area contributed by atoms with Crippen molar-refractivity contribution in [2.45, 2.75) is 25.4 Å². The first-order chi connectivity index (χ1) is 13.6. The summed E-state index contributed by atoms with van der Waals surface area (Å²) in [7, 11) is 4.95. The average molecular weight is 384 g/mol. The predicted octanol–water partition coefficient (Wildman–Crippen LogP) is 3.17. The van der Waals surface area contributed by atoms with Crippen molar-refractivity contribution in [3.63, 3.8) is 0 Å². The van der Waals surface area contributed by atoms with E-state index in [1.54, 1.807) is 21.3 Å². The number of nitrogens with one attached hydrogen (secondary N) is 1. The van der Waals surface area contributed by atoms with Gasteiger partial charge in [0.15, 0.2) is 0 Å². The quantitative estimate of drug-likeness (QED) is 0.758. The highest BCUT2D eigenvalue weighted by Crippen LogP contribution is 2.38. The number of rotatable bonds is 8. The minimum absolute atomic E-state index is 0.0233. The third-order valence-electron chi connectivity index (χ3n) is 5.16. The maximum Gasteiger partial charge on any atom is 0.234 e. The number of ether oxygens (including phenoxy) is 3. The highest BCUT2D eigenvalue weighted by Gasteiger charge is 2.29. The average Bonchev–Trinajstić information content (AvgIpc) is 3.19. The Hall–Kier alpha value is -2.73. The highest BCUT2D eigenvalue weighted by atomic mass is 16.5. The first kappa shape index (κ1) is 20.0. The Morgan fingerprint density at radius 1 is 1.04 bits per heavy atom. The molecule has 1 atom stereocenters. The van der Waals surface area contributed by atoms with E-state index < -0.39 is 0 Å². The first-order valence-electron chi connectivity index (χ1n) is 9.50. The second-order valence-electron chi connectivity index (χ2n) is 6.86. The van der Waals surface area contributed by atoms with Crippen molar-refractivity contribution in [2.24, 2.45) is 0 Å². The third kappa shape index (κ3) is 4.75. The molecule has 6 nitrogen and oxygen atoms in total. The summed E-state index contributed by atoms with van der Waals surface area (Å²) in [5.41, 5.74) is 2.15. The van der Waals surface area contributed by atoms with Gasteiger partial charge in [0, 0.05) is 24.2 Å². The Kier molecular flexibility index (Phi) is 6.76. The van der Waals surface area contributed by atoms with E-state index >= 15 is 0 Å². The van der Waals surface area contributed by atoms with Gasteiger partial charge >= 0.3 is 0 Å². The zero-order chi connectivity index (χ0) is 19.9. The fraction of sp³-hybridized carbons (Fsp3) is 0.409. The van der Waals surface area contributed by atoms with Crippen LogP contribution in [0.4, 0.5) is 0 Å². The number of hydrogen-bond acceptors (Lipinski definition) is 5. The third-order valence-corrected chi connectivity index (χ3v) is 5.16. The summed E-state index contributed by atoms with van der Waals surface area (Å²) in [6, 6.07) is 13.8. The molecule has 1 heterocycles.